The van der Waals surface area contributed by atoms with Crippen molar-refractivity contribution in [2.24, 2.45) is 11.5 Å². The second-order valence-corrected chi connectivity index (χ2v) is 9.43. The molecule has 5 rings (SSSR count). The number of amides is 1. The number of fused-ring (bicyclic) bond motifs is 2. The maximum atomic E-state index is 13.6. The highest BCUT2D eigenvalue weighted by atomic mass is 16.2. The van der Waals surface area contributed by atoms with Crippen molar-refractivity contribution >= 4 is 33.4 Å². The molecule has 0 spiro atoms. The molecule has 0 bridgehead atoms. The van der Waals surface area contributed by atoms with Gasteiger partial charge in [-0.2, -0.15) is 0 Å². The summed E-state index contributed by atoms with van der Waals surface area (Å²) in [6, 6.07) is 20.7. The van der Waals surface area contributed by atoms with E-state index in [2.05, 4.69) is 40.2 Å². The maximum absolute atomic E-state index is 13.6. The van der Waals surface area contributed by atoms with Crippen LogP contribution >= 0.6 is 0 Å². The predicted octanol–water partition coefficient (Wildman–Crippen LogP) is 4.43. The van der Waals surface area contributed by atoms with E-state index in [1.807, 2.05) is 37.3 Å². The van der Waals surface area contributed by atoms with Crippen molar-refractivity contribution < 1.29 is 4.79 Å². The van der Waals surface area contributed by atoms with Gasteiger partial charge in [-0.15, -0.1) is 0 Å². The Hall–Kier alpha value is -3.64. The standard InChI is InChI=1S/C28H31N5O/c1-17-23-14-9-19(27(30)31)15-25(23)33(16-20-7-4-6-18-5-2-3-8-24(18)20)26(17)28(34)32-22-12-10-21(29)11-13-22/h2-9,14-15,21-22H,10-13,16,29H2,1H3,(H3,30,31)(H,32,34)/t21-,22-. The predicted molar refractivity (Wildman–Crippen MR) is 138 cm³/mol. The summed E-state index contributed by atoms with van der Waals surface area (Å²) in [4.78, 5) is 13.6. The lowest BCUT2D eigenvalue weighted by atomic mass is 9.92. The van der Waals surface area contributed by atoms with Crippen molar-refractivity contribution in [3.63, 3.8) is 0 Å². The summed E-state index contributed by atoms with van der Waals surface area (Å²) in [5.74, 6) is -0.0409. The van der Waals surface area contributed by atoms with Crippen molar-refractivity contribution in [2.75, 3.05) is 0 Å². The molecule has 1 amide bonds. The van der Waals surface area contributed by atoms with Crippen LogP contribution in [0.15, 0.2) is 60.7 Å². The minimum atomic E-state index is -0.0567. The molecule has 4 aromatic rings. The Morgan fingerprint density at radius 2 is 1.76 bits per heavy atom. The normalized spacial score (nSPS) is 18.3. The van der Waals surface area contributed by atoms with Crippen LogP contribution in [-0.2, 0) is 6.54 Å². The Labute approximate surface area is 199 Å². The van der Waals surface area contributed by atoms with Crippen LogP contribution in [-0.4, -0.2) is 28.4 Å². The summed E-state index contributed by atoms with van der Waals surface area (Å²) in [5, 5.41) is 14.5. The molecule has 0 atom stereocenters. The third-order valence-electron chi connectivity index (χ3n) is 7.16. The van der Waals surface area contributed by atoms with Gasteiger partial charge in [-0.3, -0.25) is 10.2 Å². The first kappa shape index (κ1) is 22.2. The number of nitrogen functional groups attached to an aromatic ring is 1. The van der Waals surface area contributed by atoms with Crippen molar-refractivity contribution in [1.29, 1.82) is 5.41 Å². The molecule has 1 aliphatic carbocycles. The molecule has 174 valence electrons. The summed E-state index contributed by atoms with van der Waals surface area (Å²) in [7, 11) is 0. The lowest BCUT2D eigenvalue weighted by Crippen LogP contribution is -2.41. The van der Waals surface area contributed by atoms with Gasteiger partial charge in [-0.05, 0) is 60.6 Å². The van der Waals surface area contributed by atoms with E-state index in [-0.39, 0.29) is 23.8 Å². The van der Waals surface area contributed by atoms with E-state index in [0.29, 0.717) is 17.8 Å². The smallest absolute Gasteiger partial charge is 0.268 e. The Bertz CT molecular complexity index is 1390. The van der Waals surface area contributed by atoms with Crippen molar-refractivity contribution in [3.05, 3.63) is 83.0 Å². The van der Waals surface area contributed by atoms with Crippen LogP contribution in [0.3, 0.4) is 0 Å². The quantitative estimate of drug-likeness (QED) is 0.265. The fourth-order valence-corrected chi connectivity index (χ4v) is 5.27. The average Bonchev–Trinajstić information content (AvgIpc) is 3.11. The Morgan fingerprint density at radius 1 is 1.03 bits per heavy atom. The van der Waals surface area contributed by atoms with Gasteiger partial charge in [0.1, 0.15) is 11.5 Å². The number of amidine groups is 1. The highest BCUT2D eigenvalue weighted by Gasteiger charge is 2.25. The molecule has 6 nitrogen and oxygen atoms in total. The van der Waals surface area contributed by atoms with Crippen LogP contribution < -0.4 is 16.8 Å². The number of hydrogen-bond donors (Lipinski definition) is 4. The second-order valence-electron chi connectivity index (χ2n) is 9.43. The fraction of sp³-hybridized carbons (Fsp3) is 0.286. The van der Waals surface area contributed by atoms with Crippen molar-refractivity contribution in [2.45, 2.75) is 51.2 Å². The largest absolute Gasteiger partial charge is 0.384 e. The minimum Gasteiger partial charge on any atom is -0.384 e. The van der Waals surface area contributed by atoms with Gasteiger partial charge in [0.25, 0.3) is 5.91 Å². The summed E-state index contributed by atoms with van der Waals surface area (Å²) in [5.41, 5.74) is 16.2. The lowest BCUT2D eigenvalue weighted by molar-refractivity contribution is 0.0916. The van der Waals surface area contributed by atoms with Gasteiger partial charge in [-0.25, -0.2) is 0 Å². The van der Waals surface area contributed by atoms with E-state index < -0.39 is 0 Å². The molecule has 0 radical (unpaired) electrons. The van der Waals surface area contributed by atoms with Crippen LogP contribution in [0.4, 0.5) is 0 Å². The zero-order valence-corrected chi connectivity index (χ0v) is 19.5. The van der Waals surface area contributed by atoms with Gasteiger partial charge in [0.2, 0.25) is 0 Å². The minimum absolute atomic E-state index is 0.0157. The topological polar surface area (TPSA) is 110 Å². The van der Waals surface area contributed by atoms with E-state index in [1.165, 1.54) is 10.8 Å². The molecule has 0 unspecified atom stereocenters. The molecular weight excluding hydrogens is 422 g/mol. The Morgan fingerprint density at radius 3 is 2.53 bits per heavy atom. The number of aryl methyl sites for hydroxylation is 1. The second kappa shape index (κ2) is 8.95. The molecule has 1 aliphatic rings. The lowest BCUT2D eigenvalue weighted by Gasteiger charge is -2.27. The molecule has 1 saturated carbocycles. The molecule has 0 aliphatic heterocycles. The van der Waals surface area contributed by atoms with Crippen LogP contribution in [0, 0.1) is 12.3 Å². The summed E-state index contributed by atoms with van der Waals surface area (Å²) < 4.78 is 2.09. The first-order valence-electron chi connectivity index (χ1n) is 11.9. The molecule has 1 fully saturated rings. The van der Waals surface area contributed by atoms with E-state index in [9.17, 15) is 4.79 Å². The fourth-order valence-electron chi connectivity index (χ4n) is 5.27. The number of nitrogens with two attached hydrogens (primary N) is 2. The van der Waals surface area contributed by atoms with Gasteiger partial charge in [-0.1, -0.05) is 54.6 Å². The van der Waals surface area contributed by atoms with Crippen LogP contribution in [0.1, 0.15) is 52.9 Å². The summed E-state index contributed by atoms with van der Waals surface area (Å²) in [6.45, 7) is 2.55. The number of carbonyl (C=O) groups is 1. The van der Waals surface area contributed by atoms with Gasteiger partial charge in [0.15, 0.2) is 0 Å². The van der Waals surface area contributed by atoms with E-state index in [0.717, 1.165) is 47.7 Å². The van der Waals surface area contributed by atoms with E-state index in [4.69, 9.17) is 16.9 Å². The number of aromatic nitrogens is 1. The summed E-state index contributed by atoms with van der Waals surface area (Å²) >= 11 is 0. The van der Waals surface area contributed by atoms with Crippen molar-refractivity contribution in [3.8, 4) is 0 Å². The maximum Gasteiger partial charge on any atom is 0.268 e. The van der Waals surface area contributed by atoms with Crippen LogP contribution in [0.5, 0.6) is 0 Å². The summed E-state index contributed by atoms with van der Waals surface area (Å²) in [6.07, 6.45) is 3.68. The first-order valence-corrected chi connectivity index (χ1v) is 11.9. The highest BCUT2D eigenvalue weighted by molar-refractivity contribution is 6.04. The van der Waals surface area contributed by atoms with E-state index in [1.54, 1.807) is 0 Å². The molecule has 6 heteroatoms. The molecule has 34 heavy (non-hydrogen) atoms. The number of hydrogen-bond acceptors (Lipinski definition) is 3. The van der Waals surface area contributed by atoms with Gasteiger partial charge >= 0.3 is 0 Å². The molecule has 1 heterocycles. The molecular formula is C28H31N5O. The Kier molecular flexibility index (Phi) is 5.84. The number of carbonyl (C=O) groups excluding carboxylic acids is 1. The van der Waals surface area contributed by atoms with E-state index >= 15 is 0 Å². The Balaban J connectivity index is 1.62. The van der Waals surface area contributed by atoms with Crippen molar-refractivity contribution in [1.82, 2.24) is 9.88 Å². The zero-order chi connectivity index (χ0) is 23.8. The number of benzene rings is 3. The van der Waals surface area contributed by atoms with Crippen LogP contribution in [0.25, 0.3) is 21.7 Å². The first-order chi connectivity index (χ1) is 16.4. The highest BCUT2D eigenvalue weighted by Crippen LogP contribution is 2.30. The number of nitrogens with zero attached hydrogens (tertiary/aromatic N) is 1. The molecule has 6 N–H and O–H groups in total. The zero-order valence-electron chi connectivity index (χ0n) is 19.5. The number of nitrogens with one attached hydrogen (secondary N) is 2. The third-order valence-corrected chi connectivity index (χ3v) is 7.16. The monoisotopic (exact) mass is 453 g/mol. The SMILES string of the molecule is Cc1c(C(=O)N[C@H]2CC[C@H](N)CC2)n(Cc2cccc3ccccc23)c2cc(C(=N)N)ccc12. The van der Waals surface area contributed by atoms with Gasteiger partial charge in [0, 0.05) is 35.1 Å². The van der Waals surface area contributed by atoms with Crippen LogP contribution in [0.2, 0.25) is 0 Å². The average molecular weight is 454 g/mol. The van der Waals surface area contributed by atoms with Gasteiger partial charge in [0.05, 0.1) is 0 Å². The molecule has 3 aromatic carbocycles. The molecule has 0 saturated heterocycles. The number of rotatable bonds is 5. The third kappa shape index (κ3) is 4.05. The van der Waals surface area contributed by atoms with Gasteiger partial charge < -0.3 is 21.4 Å². The molecule has 1 aromatic heterocycles.